The molecule has 1 fully saturated rings. The Morgan fingerprint density at radius 2 is 2.31 bits per heavy atom. The second kappa shape index (κ2) is 6.38. The van der Waals surface area contributed by atoms with Crippen molar-refractivity contribution in [2.45, 2.75) is 25.4 Å². The maximum absolute atomic E-state index is 5.72. The number of hydrogen-bond donors (Lipinski definition) is 1. The van der Waals surface area contributed by atoms with Gasteiger partial charge in [-0.3, -0.25) is 0 Å². The molecule has 16 heavy (non-hydrogen) atoms. The summed E-state index contributed by atoms with van der Waals surface area (Å²) in [5, 5.41) is 3.56. The van der Waals surface area contributed by atoms with Gasteiger partial charge in [-0.1, -0.05) is 12.2 Å². The van der Waals surface area contributed by atoms with E-state index >= 15 is 0 Å². The first-order valence-electron chi connectivity index (χ1n) is 6.50. The van der Waals surface area contributed by atoms with Crippen LogP contribution in [0.5, 0.6) is 0 Å². The van der Waals surface area contributed by atoms with E-state index in [0.717, 1.165) is 38.7 Å². The normalized spacial score (nSPS) is 31.8. The van der Waals surface area contributed by atoms with Gasteiger partial charge in [0.25, 0.3) is 0 Å². The summed E-state index contributed by atoms with van der Waals surface area (Å²) in [4.78, 5) is 2.35. The van der Waals surface area contributed by atoms with E-state index in [1.54, 1.807) is 0 Å². The molecule has 1 aliphatic heterocycles. The molecule has 0 saturated carbocycles. The number of nitrogens with zero attached hydrogens (tertiary/aromatic N) is 1. The molecule has 92 valence electrons. The lowest BCUT2D eigenvalue weighted by atomic mass is 9.94. The Kier molecular flexibility index (Phi) is 4.82. The molecule has 0 aromatic carbocycles. The maximum Gasteiger partial charge on any atom is 0.0826 e. The van der Waals surface area contributed by atoms with Crippen LogP contribution in [0.1, 0.15) is 19.3 Å². The van der Waals surface area contributed by atoms with Crippen LogP contribution in [0.4, 0.5) is 0 Å². The van der Waals surface area contributed by atoms with E-state index in [-0.39, 0.29) is 0 Å². The number of likely N-dealkylation sites (N-methyl/N-ethyl adjacent to an activating group) is 1. The van der Waals surface area contributed by atoms with Gasteiger partial charge in [0, 0.05) is 19.6 Å². The average molecular weight is 224 g/mol. The number of rotatable bonds is 4. The minimum atomic E-state index is 0.387. The summed E-state index contributed by atoms with van der Waals surface area (Å²) in [6.07, 6.45) is 8.86. The van der Waals surface area contributed by atoms with Gasteiger partial charge in [-0.25, -0.2) is 0 Å². The molecular weight excluding hydrogens is 200 g/mol. The van der Waals surface area contributed by atoms with Crippen molar-refractivity contribution in [2.24, 2.45) is 5.92 Å². The monoisotopic (exact) mass is 224 g/mol. The van der Waals surface area contributed by atoms with Crippen molar-refractivity contribution in [1.29, 1.82) is 0 Å². The summed E-state index contributed by atoms with van der Waals surface area (Å²) in [5.41, 5.74) is 0. The molecule has 0 aromatic heterocycles. The molecule has 0 spiro atoms. The smallest absolute Gasteiger partial charge is 0.0826 e. The molecule has 2 rings (SSSR count). The summed E-state index contributed by atoms with van der Waals surface area (Å²) >= 11 is 0. The fourth-order valence-electron chi connectivity index (χ4n) is 2.48. The molecule has 3 nitrogen and oxygen atoms in total. The van der Waals surface area contributed by atoms with Crippen LogP contribution in [0.3, 0.4) is 0 Å². The first-order chi connectivity index (χ1) is 7.84. The fraction of sp³-hybridized carbons (Fsp3) is 0.846. The summed E-state index contributed by atoms with van der Waals surface area (Å²) in [6.45, 7) is 5.18. The highest BCUT2D eigenvalue weighted by Crippen LogP contribution is 2.16. The van der Waals surface area contributed by atoms with Crippen molar-refractivity contribution in [1.82, 2.24) is 10.2 Å². The molecule has 0 radical (unpaired) electrons. The van der Waals surface area contributed by atoms with Crippen LogP contribution in [0, 0.1) is 5.92 Å². The van der Waals surface area contributed by atoms with E-state index in [2.05, 4.69) is 29.4 Å². The Labute approximate surface area is 98.8 Å². The summed E-state index contributed by atoms with van der Waals surface area (Å²) in [5.74, 6) is 0.839. The number of morpholine rings is 1. The SMILES string of the molecule is CN1CCOC(CNCC2CC=CCC2)C1. The number of nitrogens with one attached hydrogen (secondary N) is 1. The standard InChI is InChI=1S/C13H24N2O/c1-15-7-8-16-13(11-15)10-14-9-12-5-3-2-4-6-12/h2-3,12-14H,4-11H2,1H3. The van der Waals surface area contributed by atoms with Crippen molar-refractivity contribution in [2.75, 3.05) is 39.8 Å². The first kappa shape index (κ1) is 12.1. The lowest BCUT2D eigenvalue weighted by Gasteiger charge is -2.30. The Morgan fingerprint density at radius 3 is 3.06 bits per heavy atom. The van der Waals surface area contributed by atoms with Gasteiger partial charge in [0.05, 0.1) is 12.7 Å². The Morgan fingerprint density at radius 1 is 1.38 bits per heavy atom. The van der Waals surface area contributed by atoms with E-state index in [0.29, 0.717) is 6.10 Å². The average Bonchev–Trinajstić information content (AvgIpc) is 2.30. The van der Waals surface area contributed by atoms with Crippen molar-refractivity contribution < 1.29 is 4.74 Å². The number of hydrogen-bond acceptors (Lipinski definition) is 3. The quantitative estimate of drug-likeness (QED) is 0.728. The Balaban J connectivity index is 1.58. The van der Waals surface area contributed by atoms with E-state index in [4.69, 9.17) is 4.74 Å². The molecule has 1 heterocycles. The van der Waals surface area contributed by atoms with Gasteiger partial charge in [0.2, 0.25) is 0 Å². The van der Waals surface area contributed by atoms with Gasteiger partial charge in [-0.15, -0.1) is 0 Å². The molecule has 1 N–H and O–H groups in total. The van der Waals surface area contributed by atoms with Gasteiger partial charge < -0.3 is 15.0 Å². The zero-order chi connectivity index (χ0) is 11.2. The van der Waals surface area contributed by atoms with Gasteiger partial charge in [0.1, 0.15) is 0 Å². The van der Waals surface area contributed by atoms with Crippen molar-refractivity contribution in [3.05, 3.63) is 12.2 Å². The van der Waals surface area contributed by atoms with E-state index in [1.807, 2.05) is 0 Å². The minimum absolute atomic E-state index is 0.387. The first-order valence-corrected chi connectivity index (χ1v) is 6.50. The minimum Gasteiger partial charge on any atom is -0.374 e. The van der Waals surface area contributed by atoms with Crippen LogP contribution in [0.25, 0.3) is 0 Å². The highest BCUT2D eigenvalue weighted by atomic mass is 16.5. The van der Waals surface area contributed by atoms with Crippen LogP contribution in [-0.4, -0.2) is 50.8 Å². The maximum atomic E-state index is 5.72. The largest absolute Gasteiger partial charge is 0.374 e. The second-order valence-corrected chi connectivity index (χ2v) is 5.06. The van der Waals surface area contributed by atoms with Gasteiger partial charge >= 0.3 is 0 Å². The fourth-order valence-corrected chi connectivity index (χ4v) is 2.48. The molecule has 0 amide bonds. The van der Waals surface area contributed by atoms with Gasteiger partial charge in [-0.2, -0.15) is 0 Å². The van der Waals surface area contributed by atoms with Crippen LogP contribution < -0.4 is 5.32 Å². The van der Waals surface area contributed by atoms with Crippen LogP contribution in [-0.2, 0) is 4.74 Å². The van der Waals surface area contributed by atoms with Gasteiger partial charge in [0.15, 0.2) is 0 Å². The lowest BCUT2D eigenvalue weighted by molar-refractivity contribution is -0.0184. The van der Waals surface area contributed by atoms with Crippen molar-refractivity contribution in [3.8, 4) is 0 Å². The predicted molar refractivity (Wildman–Crippen MR) is 66.6 cm³/mol. The number of allylic oxidation sites excluding steroid dienone is 2. The molecule has 2 unspecified atom stereocenters. The zero-order valence-electron chi connectivity index (χ0n) is 10.3. The molecule has 2 aliphatic rings. The zero-order valence-corrected chi connectivity index (χ0v) is 10.3. The van der Waals surface area contributed by atoms with Crippen LogP contribution >= 0.6 is 0 Å². The molecule has 1 saturated heterocycles. The van der Waals surface area contributed by atoms with E-state index < -0.39 is 0 Å². The second-order valence-electron chi connectivity index (χ2n) is 5.06. The predicted octanol–water partition coefficient (Wildman–Crippen LogP) is 1.26. The van der Waals surface area contributed by atoms with E-state index in [1.165, 1.54) is 19.3 Å². The molecular formula is C13H24N2O. The van der Waals surface area contributed by atoms with Crippen molar-refractivity contribution >= 4 is 0 Å². The van der Waals surface area contributed by atoms with Crippen LogP contribution in [0.15, 0.2) is 12.2 Å². The number of ether oxygens (including phenoxy) is 1. The third-order valence-corrected chi connectivity index (χ3v) is 3.52. The Hall–Kier alpha value is -0.380. The summed E-state index contributed by atoms with van der Waals surface area (Å²) in [6, 6.07) is 0. The Bertz CT molecular complexity index is 230. The lowest BCUT2D eigenvalue weighted by Crippen LogP contribution is -2.45. The third-order valence-electron chi connectivity index (χ3n) is 3.52. The topological polar surface area (TPSA) is 24.5 Å². The van der Waals surface area contributed by atoms with E-state index in [9.17, 15) is 0 Å². The summed E-state index contributed by atoms with van der Waals surface area (Å²) in [7, 11) is 2.17. The molecule has 0 bridgehead atoms. The highest BCUT2D eigenvalue weighted by molar-refractivity contribution is 4.90. The van der Waals surface area contributed by atoms with Crippen molar-refractivity contribution in [3.63, 3.8) is 0 Å². The third kappa shape index (κ3) is 3.89. The summed E-state index contributed by atoms with van der Waals surface area (Å²) < 4.78 is 5.72. The molecule has 0 aromatic rings. The molecule has 1 aliphatic carbocycles. The van der Waals surface area contributed by atoms with Crippen LogP contribution in [0.2, 0.25) is 0 Å². The molecule has 3 heteroatoms. The highest BCUT2D eigenvalue weighted by Gasteiger charge is 2.17. The van der Waals surface area contributed by atoms with Gasteiger partial charge in [-0.05, 0) is 38.8 Å². The molecule has 2 atom stereocenters.